The van der Waals surface area contributed by atoms with Gasteiger partial charge in [-0.2, -0.15) is 0 Å². The normalized spacial score (nSPS) is 12.9. The van der Waals surface area contributed by atoms with Crippen molar-refractivity contribution in [1.82, 2.24) is 4.98 Å². The second-order valence-electron chi connectivity index (χ2n) is 7.57. The quantitative estimate of drug-likeness (QED) is 0.441. The van der Waals surface area contributed by atoms with Crippen molar-refractivity contribution in [2.45, 2.75) is 6.42 Å². The van der Waals surface area contributed by atoms with E-state index in [0.717, 1.165) is 17.7 Å². The first-order valence-corrected chi connectivity index (χ1v) is 12.2. The van der Waals surface area contributed by atoms with Gasteiger partial charge in [-0.15, -0.1) is 0 Å². The highest BCUT2D eigenvalue weighted by Gasteiger charge is 2.29. The zero-order valence-corrected chi connectivity index (χ0v) is 19.5. The number of allylic oxidation sites excluding steroid dienone is 2. The van der Waals surface area contributed by atoms with Crippen molar-refractivity contribution in [3.8, 4) is 11.1 Å². The summed E-state index contributed by atoms with van der Waals surface area (Å²) in [6.07, 6.45) is 3.53. The molecule has 34 heavy (non-hydrogen) atoms. The number of benzene rings is 2. The zero-order chi connectivity index (χ0) is 24.5. The average molecular weight is 505 g/mol. The Balaban J connectivity index is 1.69. The van der Waals surface area contributed by atoms with Gasteiger partial charge in [0.25, 0.3) is 0 Å². The molecule has 2 aromatic carbocycles. The van der Waals surface area contributed by atoms with Crippen LogP contribution in [0.3, 0.4) is 0 Å². The van der Waals surface area contributed by atoms with Crippen LogP contribution in [-0.4, -0.2) is 38.7 Å². The fourth-order valence-corrected chi connectivity index (χ4v) is 4.71. The number of Topliss-reactive ketones (excluding diaryl/α,β-unsaturated/α-hetero) is 1. The van der Waals surface area contributed by atoms with Crippen LogP contribution in [0.25, 0.3) is 16.7 Å². The summed E-state index contributed by atoms with van der Waals surface area (Å²) in [5, 5.41) is 0.567. The van der Waals surface area contributed by atoms with Crippen LogP contribution in [0, 0.1) is 11.6 Å². The predicted molar refractivity (Wildman–Crippen MR) is 126 cm³/mol. The fraction of sp³-hybridized carbons (Fsp3) is 0.167. The second kappa shape index (κ2) is 9.61. The molecule has 0 atom stereocenters. The van der Waals surface area contributed by atoms with E-state index in [9.17, 15) is 17.6 Å². The third-order valence-corrected chi connectivity index (χ3v) is 6.81. The number of pyridine rings is 1. The fourth-order valence-electron chi connectivity index (χ4n) is 3.60. The SMILES string of the molecule is COCCS(=O)(=O)Nc1ccc(F)c(C(=O)C2=CCc3ncc(-c4ccc(Cl)cc4)cc32)c1F. The van der Waals surface area contributed by atoms with Crippen molar-refractivity contribution in [1.29, 1.82) is 0 Å². The topological polar surface area (TPSA) is 85.4 Å². The largest absolute Gasteiger partial charge is 0.384 e. The van der Waals surface area contributed by atoms with Crippen molar-refractivity contribution in [3.05, 3.63) is 88.2 Å². The molecule has 3 aromatic rings. The maximum absolute atomic E-state index is 15.2. The molecule has 4 rings (SSSR count). The molecule has 1 aliphatic rings. The highest BCUT2D eigenvalue weighted by Crippen LogP contribution is 2.34. The van der Waals surface area contributed by atoms with Crippen molar-refractivity contribution in [2.24, 2.45) is 0 Å². The van der Waals surface area contributed by atoms with Crippen molar-refractivity contribution in [2.75, 3.05) is 24.2 Å². The minimum Gasteiger partial charge on any atom is -0.384 e. The number of hydrogen-bond acceptors (Lipinski definition) is 5. The highest BCUT2D eigenvalue weighted by atomic mass is 35.5. The summed E-state index contributed by atoms with van der Waals surface area (Å²) in [4.78, 5) is 17.6. The van der Waals surface area contributed by atoms with Gasteiger partial charge in [0.1, 0.15) is 5.82 Å². The molecule has 0 radical (unpaired) electrons. The third kappa shape index (κ3) is 4.86. The molecule has 0 aliphatic heterocycles. The van der Waals surface area contributed by atoms with Crippen LogP contribution in [0.1, 0.15) is 21.6 Å². The van der Waals surface area contributed by atoms with Crippen LogP contribution in [0.5, 0.6) is 0 Å². The molecule has 0 saturated heterocycles. The Labute approximate surface area is 200 Å². The van der Waals surface area contributed by atoms with Gasteiger partial charge in [-0.3, -0.25) is 14.5 Å². The molecule has 1 aliphatic carbocycles. The second-order valence-corrected chi connectivity index (χ2v) is 9.85. The molecule has 0 unspecified atom stereocenters. The standard InChI is InChI=1S/C24H19ClF2N2O4S/c1-33-10-11-34(31,32)29-21-9-7-19(26)22(23(21)27)24(30)17-6-8-20-18(17)12-15(13-28-20)14-2-4-16(25)5-3-14/h2-7,9,12-13,29H,8,10-11H2,1H3. The molecular formula is C24H19ClF2N2O4S. The number of ketones is 1. The number of carbonyl (C=O) groups excluding carboxylic acids is 1. The first-order chi connectivity index (χ1) is 16.2. The van der Waals surface area contributed by atoms with Gasteiger partial charge in [0.15, 0.2) is 11.6 Å². The van der Waals surface area contributed by atoms with Crippen LogP contribution in [-0.2, 0) is 21.2 Å². The van der Waals surface area contributed by atoms with Gasteiger partial charge in [-0.25, -0.2) is 17.2 Å². The van der Waals surface area contributed by atoms with E-state index in [1.54, 1.807) is 42.6 Å². The van der Waals surface area contributed by atoms with E-state index in [0.29, 0.717) is 28.3 Å². The average Bonchev–Trinajstić information content (AvgIpc) is 3.23. The molecule has 10 heteroatoms. The Morgan fingerprint density at radius 1 is 1.15 bits per heavy atom. The van der Waals surface area contributed by atoms with Gasteiger partial charge in [-0.05, 0) is 35.9 Å². The molecule has 1 N–H and O–H groups in total. The summed E-state index contributed by atoms with van der Waals surface area (Å²) in [5.41, 5.74) is 1.30. The van der Waals surface area contributed by atoms with E-state index in [1.807, 2.05) is 4.72 Å². The first kappa shape index (κ1) is 24.0. The number of carbonyl (C=O) groups is 1. The van der Waals surface area contributed by atoms with Crippen molar-refractivity contribution < 1.29 is 26.7 Å². The number of anilines is 1. The number of methoxy groups -OCH3 is 1. The maximum atomic E-state index is 15.2. The van der Waals surface area contributed by atoms with Gasteiger partial charge in [-0.1, -0.05) is 29.8 Å². The number of nitrogens with one attached hydrogen (secondary N) is 1. The van der Waals surface area contributed by atoms with Gasteiger partial charge >= 0.3 is 0 Å². The van der Waals surface area contributed by atoms with Gasteiger partial charge in [0.2, 0.25) is 10.0 Å². The molecule has 0 fully saturated rings. The van der Waals surface area contributed by atoms with Crippen LogP contribution in [0.4, 0.5) is 14.5 Å². The van der Waals surface area contributed by atoms with E-state index >= 15 is 4.39 Å². The summed E-state index contributed by atoms with van der Waals surface area (Å²) < 4.78 is 60.8. The molecular weight excluding hydrogens is 486 g/mol. The summed E-state index contributed by atoms with van der Waals surface area (Å²) in [7, 11) is -2.64. The summed E-state index contributed by atoms with van der Waals surface area (Å²) in [6.45, 7) is -0.115. The Hall–Kier alpha value is -3.14. The minimum atomic E-state index is -3.96. The third-order valence-electron chi connectivity index (χ3n) is 5.32. The number of sulfonamides is 1. The van der Waals surface area contributed by atoms with Crippen LogP contribution >= 0.6 is 11.6 Å². The van der Waals surface area contributed by atoms with Crippen molar-refractivity contribution >= 4 is 38.7 Å². The van der Waals surface area contributed by atoms with E-state index in [1.165, 1.54) is 7.11 Å². The number of nitrogens with zero attached hydrogens (tertiary/aromatic N) is 1. The summed E-state index contributed by atoms with van der Waals surface area (Å²) >= 11 is 5.94. The Morgan fingerprint density at radius 3 is 2.59 bits per heavy atom. The van der Waals surface area contributed by atoms with Gasteiger partial charge < -0.3 is 4.74 Å². The number of aromatic nitrogens is 1. The zero-order valence-electron chi connectivity index (χ0n) is 17.9. The molecule has 0 bridgehead atoms. The molecule has 0 spiro atoms. The summed E-state index contributed by atoms with van der Waals surface area (Å²) in [6, 6.07) is 10.5. The van der Waals surface area contributed by atoms with Crippen LogP contribution in [0.2, 0.25) is 5.02 Å². The molecule has 1 heterocycles. The number of ether oxygens (including phenoxy) is 1. The van der Waals surface area contributed by atoms with Crippen LogP contribution in [0.15, 0.2) is 54.7 Å². The highest BCUT2D eigenvalue weighted by molar-refractivity contribution is 7.92. The maximum Gasteiger partial charge on any atom is 0.235 e. The number of halogens is 3. The lowest BCUT2D eigenvalue weighted by molar-refractivity contribution is 0.104. The molecule has 176 valence electrons. The van der Waals surface area contributed by atoms with E-state index in [-0.39, 0.29) is 12.2 Å². The lowest BCUT2D eigenvalue weighted by Gasteiger charge is -2.13. The van der Waals surface area contributed by atoms with Crippen molar-refractivity contribution in [3.63, 3.8) is 0 Å². The number of hydrogen-bond donors (Lipinski definition) is 1. The number of fused-ring (bicyclic) bond motifs is 1. The summed E-state index contributed by atoms with van der Waals surface area (Å²) in [5.74, 6) is -3.72. The van der Waals surface area contributed by atoms with E-state index in [2.05, 4.69) is 4.98 Å². The van der Waals surface area contributed by atoms with Gasteiger partial charge in [0.05, 0.1) is 29.3 Å². The van der Waals surface area contributed by atoms with E-state index < -0.39 is 44.4 Å². The smallest absolute Gasteiger partial charge is 0.235 e. The Morgan fingerprint density at radius 2 is 1.88 bits per heavy atom. The minimum absolute atomic E-state index is 0.0931. The number of rotatable bonds is 8. The van der Waals surface area contributed by atoms with E-state index in [4.69, 9.17) is 16.3 Å². The first-order valence-electron chi connectivity index (χ1n) is 10.2. The van der Waals surface area contributed by atoms with Crippen LogP contribution < -0.4 is 4.72 Å². The molecule has 0 amide bonds. The lowest BCUT2D eigenvalue weighted by Crippen LogP contribution is -2.21. The van der Waals surface area contributed by atoms with Gasteiger partial charge in [0, 0.05) is 41.5 Å². The molecule has 6 nitrogen and oxygen atoms in total. The monoisotopic (exact) mass is 504 g/mol. The molecule has 1 aromatic heterocycles. The Bertz CT molecular complexity index is 1410. The molecule has 0 saturated carbocycles. The Kier molecular flexibility index (Phi) is 6.79. The predicted octanol–water partition coefficient (Wildman–Crippen LogP) is 4.89. The lowest BCUT2D eigenvalue weighted by atomic mass is 9.96.